The van der Waals surface area contributed by atoms with Gasteiger partial charge in [0, 0.05) is 38.3 Å². The van der Waals surface area contributed by atoms with Crippen LogP contribution >= 0.6 is 0 Å². The van der Waals surface area contributed by atoms with Gasteiger partial charge in [-0.15, -0.1) is 0 Å². The van der Waals surface area contributed by atoms with Gasteiger partial charge in [-0.2, -0.15) is 5.10 Å². The van der Waals surface area contributed by atoms with E-state index in [2.05, 4.69) is 9.67 Å². The molecule has 6 heteroatoms. The third-order valence-electron chi connectivity index (χ3n) is 6.50. The van der Waals surface area contributed by atoms with E-state index in [-0.39, 0.29) is 11.3 Å². The summed E-state index contributed by atoms with van der Waals surface area (Å²) < 4.78 is 4.26. The van der Waals surface area contributed by atoms with Crippen molar-refractivity contribution >= 4 is 5.91 Å². The molecule has 0 bridgehead atoms. The first-order valence-corrected chi connectivity index (χ1v) is 10.0. The summed E-state index contributed by atoms with van der Waals surface area (Å²) in [5.74, 6) is 1.43. The molecule has 5 rings (SSSR count). The molecule has 0 aliphatic carbocycles. The third-order valence-corrected chi connectivity index (χ3v) is 6.50. The number of aryl methyl sites for hydroxylation is 1. The van der Waals surface area contributed by atoms with Crippen molar-refractivity contribution in [2.75, 3.05) is 13.1 Å². The second-order valence-electron chi connectivity index (χ2n) is 8.03. The standard InChI is InChI=1S/C22H25N5O/c1-25-18(7-11-24-25)19-16-23-21-22(10-14-27(19)21)8-12-26(13-9-22)20(28)15-17-5-3-2-4-6-17/h2-7,11,16H,8-10,12-15H2,1H3. The maximum atomic E-state index is 12.7. The van der Waals surface area contributed by atoms with Crippen molar-refractivity contribution in [3.63, 3.8) is 0 Å². The van der Waals surface area contributed by atoms with Crippen molar-refractivity contribution in [3.8, 4) is 11.4 Å². The van der Waals surface area contributed by atoms with Crippen LogP contribution in [0, 0.1) is 0 Å². The smallest absolute Gasteiger partial charge is 0.226 e. The zero-order chi connectivity index (χ0) is 19.1. The molecule has 2 aliphatic heterocycles. The van der Waals surface area contributed by atoms with Gasteiger partial charge in [0.15, 0.2) is 0 Å². The van der Waals surface area contributed by atoms with Crippen LogP contribution < -0.4 is 0 Å². The van der Waals surface area contributed by atoms with Gasteiger partial charge in [0.2, 0.25) is 5.91 Å². The second-order valence-corrected chi connectivity index (χ2v) is 8.03. The maximum Gasteiger partial charge on any atom is 0.226 e. The van der Waals surface area contributed by atoms with E-state index in [0.717, 1.165) is 55.8 Å². The van der Waals surface area contributed by atoms with Crippen LogP contribution in [0.2, 0.25) is 0 Å². The maximum absolute atomic E-state index is 12.7. The largest absolute Gasteiger partial charge is 0.342 e. The van der Waals surface area contributed by atoms with E-state index in [0.29, 0.717) is 6.42 Å². The molecule has 0 atom stereocenters. The number of nitrogens with zero attached hydrogens (tertiary/aromatic N) is 5. The summed E-state index contributed by atoms with van der Waals surface area (Å²) >= 11 is 0. The van der Waals surface area contributed by atoms with Crippen LogP contribution in [0.4, 0.5) is 0 Å². The van der Waals surface area contributed by atoms with Gasteiger partial charge in [0.05, 0.1) is 24.0 Å². The summed E-state index contributed by atoms with van der Waals surface area (Å²) in [6.07, 6.45) is 7.41. The minimum absolute atomic E-state index is 0.111. The number of hydrogen-bond donors (Lipinski definition) is 0. The van der Waals surface area contributed by atoms with E-state index in [1.165, 1.54) is 5.82 Å². The van der Waals surface area contributed by atoms with Gasteiger partial charge in [0.25, 0.3) is 0 Å². The number of carbonyl (C=O) groups is 1. The number of amides is 1. The molecule has 0 saturated carbocycles. The summed E-state index contributed by atoms with van der Waals surface area (Å²) in [5.41, 5.74) is 3.45. The first-order valence-electron chi connectivity index (χ1n) is 10.0. The number of likely N-dealkylation sites (tertiary alicyclic amines) is 1. The van der Waals surface area contributed by atoms with Crippen LogP contribution in [-0.2, 0) is 30.2 Å². The highest BCUT2D eigenvalue weighted by Gasteiger charge is 2.44. The van der Waals surface area contributed by atoms with Crippen molar-refractivity contribution in [2.24, 2.45) is 7.05 Å². The topological polar surface area (TPSA) is 56.0 Å². The van der Waals surface area contributed by atoms with Gasteiger partial charge >= 0.3 is 0 Å². The normalized spacial score (nSPS) is 17.8. The van der Waals surface area contributed by atoms with Crippen molar-refractivity contribution in [1.82, 2.24) is 24.2 Å². The molecule has 4 heterocycles. The number of piperidine rings is 1. The Hall–Kier alpha value is -2.89. The van der Waals surface area contributed by atoms with Gasteiger partial charge in [0.1, 0.15) is 5.82 Å². The highest BCUT2D eigenvalue weighted by atomic mass is 16.2. The lowest BCUT2D eigenvalue weighted by atomic mass is 9.76. The molecule has 28 heavy (non-hydrogen) atoms. The number of aromatic nitrogens is 4. The Morgan fingerprint density at radius 3 is 2.50 bits per heavy atom. The molecule has 144 valence electrons. The average Bonchev–Trinajstić information content (AvgIpc) is 3.41. The summed E-state index contributed by atoms with van der Waals surface area (Å²) in [5, 5.41) is 4.30. The summed E-state index contributed by atoms with van der Waals surface area (Å²) in [4.78, 5) is 19.6. The van der Waals surface area contributed by atoms with Gasteiger partial charge in [-0.1, -0.05) is 30.3 Å². The van der Waals surface area contributed by atoms with E-state index >= 15 is 0 Å². The Morgan fingerprint density at radius 2 is 1.79 bits per heavy atom. The van der Waals surface area contributed by atoms with Crippen LogP contribution in [0.1, 0.15) is 30.7 Å². The molecule has 0 unspecified atom stereocenters. The molecule has 0 N–H and O–H groups in total. The average molecular weight is 375 g/mol. The van der Waals surface area contributed by atoms with Crippen LogP contribution in [0.25, 0.3) is 11.4 Å². The fourth-order valence-electron chi connectivity index (χ4n) is 4.83. The predicted octanol–water partition coefficient (Wildman–Crippen LogP) is 2.79. The number of fused-ring (bicyclic) bond motifs is 2. The monoisotopic (exact) mass is 375 g/mol. The Morgan fingerprint density at radius 1 is 1.04 bits per heavy atom. The molecule has 1 amide bonds. The van der Waals surface area contributed by atoms with E-state index in [4.69, 9.17) is 4.98 Å². The Bertz CT molecular complexity index is 995. The summed E-state index contributed by atoms with van der Waals surface area (Å²) in [7, 11) is 1.97. The van der Waals surface area contributed by atoms with E-state index in [1.54, 1.807) is 0 Å². The van der Waals surface area contributed by atoms with Crippen molar-refractivity contribution in [2.45, 2.75) is 37.6 Å². The van der Waals surface area contributed by atoms with Crippen LogP contribution in [0.15, 0.2) is 48.8 Å². The minimum Gasteiger partial charge on any atom is -0.342 e. The molecule has 1 saturated heterocycles. The summed E-state index contributed by atoms with van der Waals surface area (Å²) in [6, 6.07) is 12.1. The first kappa shape index (κ1) is 17.2. The van der Waals surface area contributed by atoms with E-state index < -0.39 is 0 Å². The molecule has 2 aliphatic rings. The fourth-order valence-corrected chi connectivity index (χ4v) is 4.83. The van der Waals surface area contributed by atoms with Crippen molar-refractivity contribution in [1.29, 1.82) is 0 Å². The number of hydrogen-bond acceptors (Lipinski definition) is 3. The summed E-state index contributed by atoms with van der Waals surface area (Å²) in [6.45, 7) is 2.63. The molecule has 1 aromatic carbocycles. The highest BCUT2D eigenvalue weighted by molar-refractivity contribution is 5.79. The molecule has 1 spiro atoms. The Kier molecular flexibility index (Phi) is 4.07. The molecule has 0 radical (unpaired) electrons. The van der Waals surface area contributed by atoms with Gasteiger partial charge in [-0.05, 0) is 30.9 Å². The lowest BCUT2D eigenvalue weighted by Crippen LogP contribution is -2.45. The molecule has 1 fully saturated rings. The second kappa shape index (κ2) is 6.62. The SMILES string of the molecule is Cn1nccc1-c1cnc2n1CCC21CCN(C(=O)Cc2ccccc2)CC1. The quantitative estimate of drug-likeness (QED) is 0.707. The van der Waals surface area contributed by atoms with Gasteiger partial charge < -0.3 is 9.47 Å². The molecule has 3 aromatic rings. The molecular formula is C22H25N5O. The number of benzene rings is 1. The first-order chi connectivity index (χ1) is 13.7. The van der Waals surface area contributed by atoms with E-state index in [1.807, 2.05) is 65.4 Å². The minimum atomic E-state index is 0.111. The Balaban J connectivity index is 1.31. The highest BCUT2D eigenvalue weighted by Crippen LogP contribution is 2.44. The van der Waals surface area contributed by atoms with E-state index in [9.17, 15) is 4.79 Å². The number of carbonyl (C=O) groups excluding carboxylic acids is 1. The Labute approximate surface area is 164 Å². The fraction of sp³-hybridized carbons (Fsp3) is 0.409. The van der Waals surface area contributed by atoms with Crippen molar-refractivity contribution < 1.29 is 4.79 Å². The molecular weight excluding hydrogens is 350 g/mol. The molecule has 2 aromatic heterocycles. The van der Waals surface area contributed by atoms with Crippen LogP contribution in [-0.4, -0.2) is 43.2 Å². The lowest BCUT2D eigenvalue weighted by molar-refractivity contribution is -0.132. The number of rotatable bonds is 3. The lowest BCUT2D eigenvalue weighted by Gasteiger charge is -2.38. The zero-order valence-electron chi connectivity index (χ0n) is 16.2. The van der Waals surface area contributed by atoms with Gasteiger partial charge in [-0.25, -0.2) is 4.98 Å². The van der Waals surface area contributed by atoms with Crippen molar-refractivity contribution in [3.05, 3.63) is 60.2 Å². The van der Waals surface area contributed by atoms with Gasteiger partial charge in [-0.3, -0.25) is 9.48 Å². The number of imidazole rings is 1. The zero-order valence-corrected chi connectivity index (χ0v) is 16.2. The third kappa shape index (κ3) is 2.75. The van der Waals surface area contributed by atoms with Crippen LogP contribution in [0.5, 0.6) is 0 Å². The molecule has 6 nitrogen and oxygen atoms in total. The van der Waals surface area contributed by atoms with Crippen LogP contribution in [0.3, 0.4) is 0 Å². The predicted molar refractivity (Wildman–Crippen MR) is 107 cm³/mol.